The van der Waals surface area contributed by atoms with Crippen LogP contribution in [0, 0.1) is 13.8 Å². The second kappa shape index (κ2) is 11.0. The van der Waals surface area contributed by atoms with Crippen molar-refractivity contribution in [3.63, 3.8) is 0 Å². The van der Waals surface area contributed by atoms with Gasteiger partial charge in [0.05, 0.1) is 13.2 Å². The second-order valence-electron chi connectivity index (χ2n) is 9.34. The Morgan fingerprint density at radius 1 is 0.944 bits per heavy atom. The molecule has 188 valence electrons. The van der Waals surface area contributed by atoms with E-state index in [1.165, 1.54) is 0 Å². The van der Waals surface area contributed by atoms with Gasteiger partial charge in [-0.3, -0.25) is 4.79 Å². The van der Waals surface area contributed by atoms with Crippen LogP contribution in [0.5, 0.6) is 0 Å². The fourth-order valence-corrected chi connectivity index (χ4v) is 4.48. The molecule has 36 heavy (non-hydrogen) atoms. The Morgan fingerprint density at radius 3 is 2.39 bits per heavy atom. The fourth-order valence-electron chi connectivity index (χ4n) is 4.48. The highest BCUT2D eigenvalue weighted by Gasteiger charge is 2.21. The molecule has 9 heteroatoms. The number of carbonyl (C=O) groups excluding carboxylic acids is 1. The van der Waals surface area contributed by atoms with Gasteiger partial charge in [-0.1, -0.05) is 42.0 Å². The van der Waals surface area contributed by atoms with Crippen molar-refractivity contribution in [3.05, 3.63) is 64.7 Å². The Morgan fingerprint density at radius 2 is 1.67 bits per heavy atom. The van der Waals surface area contributed by atoms with Crippen LogP contribution in [0.25, 0.3) is 0 Å². The number of aryl methyl sites for hydroxylation is 2. The lowest BCUT2D eigenvalue weighted by Gasteiger charge is -2.30. The maximum absolute atomic E-state index is 13.1. The van der Waals surface area contributed by atoms with E-state index < -0.39 is 0 Å². The molecular weight excluding hydrogens is 454 g/mol. The average Bonchev–Trinajstić information content (AvgIpc) is 2.91. The number of ether oxygens (including phenoxy) is 1. The molecule has 0 atom stereocenters. The number of rotatable bonds is 7. The van der Waals surface area contributed by atoms with Crippen molar-refractivity contribution in [2.75, 3.05) is 67.6 Å². The van der Waals surface area contributed by atoms with Crippen molar-refractivity contribution in [2.24, 2.45) is 0 Å². The Hall–Kier alpha value is -3.56. The first kappa shape index (κ1) is 24.1. The van der Waals surface area contributed by atoms with Gasteiger partial charge in [0.2, 0.25) is 17.8 Å². The second-order valence-corrected chi connectivity index (χ2v) is 9.34. The van der Waals surface area contributed by atoms with Gasteiger partial charge in [0.15, 0.2) is 5.78 Å². The maximum Gasteiger partial charge on any atom is 0.233 e. The number of nitrogens with zero attached hydrogens (tertiary/aromatic N) is 5. The Bertz CT molecular complexity index is 1180. The van der Waals surface area contributed by atoms with Crippen LogP contribution in [-0.2, 0) is 11.2 Å². The molecule has 0 aliphatic carbocycles. The van der Waals surface area contributed by atoms with Crippen LogP contribution in [0.15, 0.2) is 42.5 Å². The van der Waals surface area contributed by atoms with Crippen LogP contribution in [0.1, 0.15) is 27.0 Å². The minimum absolute atomic E-state index is 0.0785. The van der Waals surface area contributed by atoms with Gasteiger partial charge in [-0.2, -0.15) is 15.0 Å². The molecule has 0 spiro atoms. The molecule has 0 radical (unpaired) electrons. The first-order chi connectivity index (χ1) is 17.5. The van der Waals surface area contributed by atoms with E-state index in [2.05, 4.69) is 26.5 Å². The van der Waals surface area contributed by atoms with Crippen molar-refractivity contribution >= 4 is 29.3 Å². The van der Waals surface area contributed by atoms with E-state index in [0.717, 1.165) is 61.6 Å². The third-order valence-corrected chi connectivity index (χ3v) is 6.56. The summed E-state index contributed by atoms with van der Waals surface area (Å²) in [7, 11) is 0. The van der Waals surface area contributed by atoms with Gasteiger partial charge in [0.25, 0.3) is 0 Å². The number of hydrogen-bond donors (Lipinski definition) is 2. The molecular formula is C27H33N7O2. The van der Waals surface area contributed by atoms with E-state index in [1.807, 2.05) is 50.2 Å². The summed E-state index contributed by atoms with van der Waals surface area (Å²) in [6.07, 6.45) is 0.365. The van der Waals surface area contributed by atoms with E-state index in [0.29, 0.717) is 43.0 Å². The lowest BCUT2D eigenvalue weighted by molar-refractivity contribution is 0.0993. The van der Waals surface area contributed by atoms with Gasteiger partial charge < -0.3 is 25.2 Å². The monoisotopic (exact) mass is 487 g/mol. The molecule has 2 aliphatic rings. The highest BCUT2D eigenvalue weighted by molar-refractivity contribution is 5.98. The minimum atomic E-state index is 0.0785. The minimum Gasteiger partial charge on any atom is -0.378 e. The molecule has 2 fully saturated rings. The lowest BCUT2D eigenvalue weighted by atomic mass is 10.00. The van der Waals surface area contributed by atoms with Crippen LogP contribution >= 0.6 is 0 Å². The van der Waals surface area contributed by atoms with E-state index in [9.17, 15) is 4.79 Å². The SMILES string of the molecule is Cc1cccc(CC(=O)c2ccc(C)c(Nc3nc(N4CCNCC4)nc(N4CCOCC4)n3)c2)c1. The van der Waals surface area contributed by atoms with Gasteiger partial charge in [0, 0.05) is 56.9 Å². The van der Waals surface area contributed by atoms with E-state index in [-0.39, 0.29) is 5.78 Å². The molecule has 0 bridgehead atoms. The fraction of sp³-hybridized carbons (Fsp3) is 0.407. The molecule has 2 N–H and O–H groups in total. The zero-order valence-electron chi connectivity index (χ0n) is 21.0. The summed E-state index contributed by atoms with van der Waals surface area (Å²) in [4.78, 5) is 31.7. The van der Waals surface area contributed by atoms with Gasteiger partial charge in [-0.15, -0.1) is 0 Å². The van der Waals surface area contributed by atoms with Gasteiger partial charge in [0.1, 0.15) is 0 Å². The highest BCUT2D eigenvalue weighted by Crippen LogP contribution is 2.24. The molecule has 0 amide bonds. The summed E-state index contributed by atoms with van der Waals surface area (Å²) in [5, 5.41) is 6.76. The number of anilines is 4. The predicted molar refractivity (Wildman–Crippen MR) is 142 cm³/mol. The van der Waals surface area contributed by atoms with Crippen molar-refractivity contribution in [1.29, 1.82) is 0 Å². The Labute approximate surface area is 211 Å². The third kappa shape index (κ3) is 5.80. The topological polar surface area (TPSA) is 95.5 Å². The molecule has 0 unspecified atom stereocenters. The van der Waals surface area contributed by atoms with Crippen LogP contribution < -0.4 is 20.4 Å². The summed E-state index contributed by atoms with van der Waals surface area (Å²) in [6.45, 7) is 10.3. The number of nitrogens with one attached hydrogen (secondary N) is 2. The van der Waals surface area contributed by atoms with Gasteiger partial charge in [-0.25, -0.2) is 0 Å². The van der Waals surface area contributed by atoms with Crippen LogP contribution in [0.3, 0.4) is 0 Å². The smallest absolute Gasteiger partial charge is 0.233 e. The number of ketones is 1. The summed E-state index contributed by atoms with van der Waals surface area (Å²) in [5.74, 6) is 1.87. The largest absolute Gasteiger partial charge is 0.378 e. The quantitative estimate of drug-likeness (QED) is 0.488. The first-order valence-corrected chi connectivity index (χ1v) is 12.6. The highest BCUT2D eigenvalue weighted by atomic mass is 16.5. The normalized spacial score (nSPS) is 16.2. The van der Waals surface area contributed by atoms with Crippen molar-refractivity contribution in [3.8, 4) is 0 Å². The summed E-state index contributed by atoms with van der Waals surface area (Å²) >= 11 is 0. The van der Waals surface area contributed by atoms with Crippen LogP contribution in [-0.4, -0.2) is 73.2 Å². The molecule has 1 aromatic heterocycles. The molecule has 9 nitrogen and oxygen atoms in total. The van der Waals surface area contributed by atoms with Gasteiger partial charge >= 0.3 is 0 Å². The van der Waals surface area contributed by atoms with Gasteiger partial charge in [-0.05, 0) is 31.0 Å². The van der Waals surface area contributed by atoms with Crippen molar-refractivity contribution in [2.45, 2.75) is 20.3 Å². The number of carbonyl (C=O) groups is 1. The maximum atomic E-state index is 13.1. The third-order valence-electron chi connectivity index (χ3n) is 6.56. The molecule has 3 heterocycles. The van der Waals surface area contributed by atoms with Crippen LogP contribution in [0.2, 0.25) is 0 Å². The standard InChI is InChI=1S/C27H33N7O2/c1-19-4-3-5-21(16-19)17-24(35)22-7-6-20(2)23(18-22)29-25-30-26(33-10-8-28-9-11-33)32-27(31-25)34-12-14-36-15-13-34/h3-7,16,18,28H,8-15,17H2,1-2H3,(H,29,30,31,32). The molecule has 0 saturated carbocycles. The molecule has 5 rings (SSSR count). The van der Waals surface area contributed by atoms with E-state index in [4.69, 9.17) is 19.7 Å². The summed E-state index contributed by atoms with van der Waals surface area (Å²) in [6, 6.07) is 13.8. The van der Waals surface area contributed by atoms with Crippen molar-refractivity contribution in [1.82, 2.24) is 20.3 Å². The predicted octanol–water partition coefficient (Wildman–Crippen LogP) is 2.90. The summed E-state index contributed by atoms with van der Waals surface area (Å²) < 4.78 is 5.51. The van der Waals surface area contributed by atoms with Crippen LogP contribution in [0.4, 0.5) is 23.5 Å². The number of piperazine rings is 1. The number of hydrogen-bond acceptors (Lipinski definition) is 9. The number of aromatic nitrogens is 3. The molecule has 2 aliphatic heterocycles. The number of Topliss-reactive ketones (excluding diaryl/α,β-unsaturated/α-hetero) is 1. The zero-order chi connectivity index (χ0) is 24.9. The summed E-state index contributed by atoms with van der Waals surface area (Å²) in [5.41, 5.74) is 4.66. The van der Waals surface area contributed by atoms with E-state index >= 15 is 0 Å². The molecule has 3 aromatic rings. The van der Waals surface area contributed by atoms with Crippen molar-refractivity contribution < 1.29 is 9.53 Å². The number of benzene rings is 2. The first-order valence-electron chi connectivity index (χ1n) is 12.6. The zero-order valence-corrected chi connectivity index (χ0v) is 21.0. The lowest BCUT2D eigenvalue weighted by Crippen LogP contribution is -2.44. The Kier molecular flexibility index (Phi) is 7.39. The Balaban J connectivity index is 1.41. The van der Waals surface area contributed by atoms with E-state index in [1.54, 1.807) is 0 Å². The molecule has 2 aromatic carbocycles. The number of morpholine rings is 1. The molecule has 2 saturated heterocycles. The average molecular weight is 488 g/mol.